The largest absolute Gasteiger partial charge is 0.383 e. The number of rotatable bonds is 6. The van der Waals surface area contributed by atoms with E-state index in [1.54, 1.807) is 7.11 Å². The maximum Gasteiger partial charge on any atom is 0.0613 e. The Bertz CT molecular complexity index is 185. The molecule has 0 aromatic rings. The van der Waals surface area contributed by atoms with Crippen molar-refractivity contribution in [3.8, 4) is 0 Å². The minimum atomic E-state index is 0.459. The smallest absolute Gasteiger partial charge is 0.0613 e. The molecule has 2 unspecified atom stereocenters. The van der Waals surface area contributed by atoms with Gasteiger partial charge in [-0.3, -0.25) is 4.90 Å². The van der Waals surface area contributed by atoms with Gasteiger partial charge in [-0.1, -0.05) is 6.42 Å². The first-order valence-electron chi connectivity index (χ1n) is 6.63. The number of methoxy groups -OCH3 is 1. The van der Waals surface area contributed by atoms with Gasteiger partial charge in [0.2, 0.25) is 0 Å². The first-order chi connectivity index (χ1) is 7.65. The second-order valence-corrected chi connectivity index (χ2v) is 5.25. The molecule has 3 nitrogen and oxygen atoms in total. The van der Waals surface area contributed by atoms with Crippen molar-refractivity contribution in [2.45, 2.75) is 58.2 Å². The number of likely N-dealkylation sites (tertiary alicyclic amines) is 1. The van der Waals surface area contributed by atoms with Crippen molar-refractivity contribution < 1.29 is 4.74 Å². The van der Waals surface area contributed by atoms with Gasteiger partial charge in [0, 0.05) is 31.8 Å². The van der Waals surface area contributed by atoms with Gasteiger partial charge in [-0.2, -0.15) is 0 Å². The van der Waals surface area contributed by atoms with E-state index in [2.05, 4.69) is 31.0 Å². The number of nitrogens with one attached hydrogen (secondary N) is 1. The molecule has 1 N–H and O–H groups in total. The van der Waals surface area contributed by atoms with Crippen LogP contribution in [0.2, 0.25) is 0 Å². The molecule has 0 saturated carbocycles. The van der Waals surface area contributed by atoms with E-state index in [0.717, 1.165) is 13.2 Å². The zero-order chi connectivity index (χ0) is 12.0. The minimum absolute atomic E-state index is 0.459. The molecule has 0 aromatic heterocycles. The first-order valence-corrected chi connectivity index (χ1v) is 6.63. The number of ether oxygens (including phenoxy) is 1. The molecule has 16 heavy (non-hydrogen) atoms. The van der Waals surface area contributed by atoms with Crippen LogP contribution in [-0.4, -0.2) is 49.8 Å². The third kappa shape index (κ3) is 4.40. The second kappa shape index (κ2) is 7.25. The summed E-state index contributed by atoms with van der Waals surface area (Å²) in [7, 11) is 1.76. The van der Waals surface area contributed by atoms with Crippen LogP contribution in [0.25, 0.3) is 0 Å². The summed E-state index contributed by atoms with van der Waals surface area (Å²) in [5.41, 5.74) is 0. The van der Waals surface area contributed by atoms with Crippen molar-refractivity contribution in [1.29, 1.82) is 0 Å². The summed E-state index contributed by atoms with van der Waals surface area (Å²) < 4.78 is 5.14. The fraction of sp³-hybridized carbons (Fsp3) is 1.00. The fourth-order valence-corrected chi connectivity index (χ4v) is 2.57. The summed E-state index contributed by atoms with van der Waals surface area (Å²) in [5, 5.41) is 3.57. The van der Waals surface area contributed by atoms with E-state index in [-0.39, 0.29) is 0 Å². The van der Waals surface area contributed by atoms with Crippen LogP contribution in [0, 0.1) is 0 Å². The fourth-order valence-electron chi connectivity index (χ4n) is 2.57. The molecule has 1 fully saturated rings. The van der Waals surface area contributed by atoms with Crippen molar-refractivity contribution in [1.82, 2.24) is 10.2 Å². The highest BCUT2D eigenvalue weighted by Crippen LogP contribution is 2.18. The van der Waals surface area contributed by atoms with E-state index in [1.807, 2.05) is 0 Å². The highest BCUT2D eigenvalue weighted by Gasteiger charge is 2.24. The average Bonchev–Trinajstić information content (AvgIpc) is 2.27. The number of hydrogen-bond donors (Lipinski definition) is 1. The predicted molar refractivity (Wildman–Crippen MR) is 68.8 cm³/mol. The van der Waals surface area contributed by atoms with Gasteiger partial charge < -0.3 is 10.1 Å². The SMILES string of the molecule is COCC(C)NCC1CCCCN1C(C)C. The van der Waals surface area contributed by atoms with E-state index in [9.17, 15) is 0 Å². The summed E-state index contributed by atoms with van der Waals surface area (Å²) >= 11 is 0. The average molecular weight is 228 g/mol. The van der Waals surface area contributed by atoms with Crippen molar-refractivity contribution in [3.05, 3.63) is 0 Å². The topological polar surface area (TPSA) is 24.5 Å². The lowest BCUT2D eigenvalue weighted by Crippen LogP contribution is -2.50. The molecular weight excluding hydrogens is 200 g/mol. The van der Waals surface area contributed by atoms with Crippen molar-refractivity contribution >= 4 is 0 Å². The predicted octanol–water partition coefficient (Wildman–Crippen LogP) is 1.87. The third-order valence-electron chi connectivity index (χ3n) is 3.45. The van der Waals surface area contributed by atoms with Crippen LogP contribution in [0.3, 0.4) is 0 Å². The van der Waals surface area contributed by atoms with Gasteiger partial charge in [-0.05, 0) is 40.2 Å². The second-order valence-electron chi connectivity index (χ2n) is 5.25. The lowest BCUT2D eigenvalue weighted by molar-refractivity contribution is 0.102. The maximum atomic E-state index is 5.14. The Morgan fingerprint density at radius 3 is 2.69 bits per heavy atom. The lowest BCUT2D eigenvalue weighted by atomic mass is 10.00. The van der Waals surface area contributed by atoms with E-state index in [1.165, 1.54) is 25.8 Å². The highest BCUT2D eigenvalue weighted by molar-refractivity contribution is 4.81. The Kier molecular flexibility index (Phi) is 6.32. The molecule has 0 spiro atoms. The minimum Gasteiger partial charge on any atom is -0.383 e. The summed E-state index contributed by atoms with van der Waals surface area (Å²) in [6.07, 6.45) is 4.08. The molecule has 1 heterocycles. The van der Waals surface area contributed by atoms with E-state index < -0.39 is 0 Å². The van der Waals surface area contributed by atoms with Crippen molar-refractivity contribution in [2.24, 2.45) is 0 Å². The molecule has 96 valence electrons. The van der Waals surface area contributed by atoms with E-state index in [0.29, 0.717) is 18.1 Å². The van der Waals surface area contributed by atoms with E-state index in [4.69, 9.17) is 4.74 Å². The molecule has 1 aliphatic rings. The van der Waals surface area contributed by atoms with Crippen molar-refractivity contribution in [3.63, 3.8) is 0 Å². The molecule has 0 amide bonds. The molecule has 2 atom stereocenters. The third-order valence-corrected chi connectivity index (χ3v) is 3.45. The van der Waals surface area contributed by atoms with Crippen LogP contribution in [0.15, 0.2) is 0 Å². The maximum absolute atomic E-state index is 5.14. The van der Waals surface area contributed by atoms with Gasteiger partial charge in [0.1, 0.15) is 0 Å². The normalized spacial score (nSPS) is 24.9. The summed E-state index contributed by atoms with van der Waals surface area (Å²) in [6, 6.07) is 1.85. The molecule has 1 rings (SSSR count). The van der Waals surface area contributed by atoms with Gasteiger partial charge >= 0.3 is 0 Å². The van der Waals surface area contributed by atoms with Crippen LogP contribution in [-0.2, 0) is 4.74 Å². The van der Waals surface area contributed by atoms with E-state index >= 15 is 0 Å². The van der Waals surface area contributed by atoms with Crippen LogP contribution in [0.5, 0.6) is 0 Å². The summed E-state index contributed by atoms with van der Waals surface area (Å²) in [4.78, 5) is 2.63. The monoisotopic (exact) mass is 228 g/mol. The van der Waals surface area contributed by atoms with Gasteiger partial charge in [0.15, 0.2) is 0 Å². The van der Waals surface area contributed by atoms with Gasteiger partial charge in [0.05, 0.1) is 6.61 Å². The van der Waals surface area contributed by atoms with Gasteiger partial charge in [-0.25, -0.2) is 0 Å². The van der Waals surface area contributed by atoms with Crippen LogP contribution in [0.4, 0.5) is 0 Å². The summed E-state index contributed by atoms with van der Waals surface area (Å²) in [5.74, 6) is 0. The molecule has 0 bridgehead atoms. The molecule has 0 aliphatic carbocycles. The molecule has 1 saturated heterocycles. The Morgan fingerprint density at radius 1 is 1.31 bits per heavy atom. The quantitative estimate of drug-likeness (QED) is 0.751. The molecule has 3 heteroatoms. The van der Waals surface area contributed by atoms with Gasteiger partial charge in [0.25, 0.3) is 0 Å². The summed E-state index contributed by atoms with van der Waals surface area (Å²) in [6.45, 7) is 9.96. The Labute approximate surface area is 101 Å². The number of nitrogens with zero attached hydrogens (tertiary/aromatic N) is 1. The zero-order valence-electron chi connectivity index (χ0n) is 11.3. The Balaban J connectivity index is 2.32. The number of piperidine rings is 1. The highest BCUT2D eigenvalue weighted by atomic mass is 16.5. The molecule has 0 radical (unpaired) electrons. The molecular formula is C13H28N2O. The van der Waals surface area contributed by atoms with Crippen LogP contribution < -0.4 is 5.32 Å². The standard InChI is InChI=1S/C13H28N2O/c1-11(2)15-8-6-5-7-13(15)9-14-12(3)10-16-4/h11-14H,5-10H2,1-4H3. The Morgan fingerprint density at radius 2 is 2.06 bits per heavy atom. The van der Waals surface area contributed by atoms with Crippen molar-refractivity contribution in [2.75, 3.05) is 26.8 Å². The van der Waals surface area contributed by atoms with Crippen LogP contribution in [0.1, 0.15) is 40.0 Å². The Hall–Kier alpha value is -0.120. The lowest BCUT2D eigenvalue weighted by Gasteiger charge is -2.39. The molecule has 0 aromatic carbocycles. The molecule has 1 aliphatic heterocycles. The zero-order valence-corrected chi connectivity index (χ0v) is 11.3. The van der Waals surface area contributed by atoms with Gasteiger partial charge in [-0.15, -0.1) is 0 Å². The first kappa shape index (κ1) is 13.9. The van der Waals surface area contributed by atoms with Crippen LogP contribution >= 0.6 is 0 Å². The number of hydrogen-bond acceptors (Lipinski definition) is 3.